The number of benzene rings is 1. The molecule has 3 heterocycles. The minimum Gasteiger partial charge on any atom is -0.475 e. The first kappa shape index (κ1) is 41.9. The molecule has 2 aliphatic heterocycles. The van der Waals surface area contributed by atoms with Crippen molar-refractivity contribution >= 4 is 56.0 Å². The molecule has 1 aromatic heterocycles. The Balaban J connectivity index is 1.37. The number of hydrogen-bond acceptors (Lipinski definition) is 10. The molecule has 1 saturated heterocycles. The quantitative estimate of drug-likeness (QED) is 0.207. The van der Waals surface area contributed by atoms with Gasteiger partial charge in [0, 0.05) is 34.7 Å². The van der Waals surface area contributed by atoms with Gasteiger partial charge in [0.15, 0.2) is 5.78 Å². The molecule has 0 unspecified atom stereocenters. The van der Waals surface area contributed by atoms with Crippen molar-refractivity contribution in [2.24, 2.45) is 29.1 Å². The lowest BCUT2D eigenvalue weighted by Crippen LogP contribution is -2.47. The fraction of sp³-hybridized carbons (Fsp3) is 0.643. The zero-order valence-corrected chi connectivity index (χ0v) is 35.1. The van der Waals surface area contributed by atoms with Gasteiger partial charge >= 0.3 is 5.97 Å². The van der Waals surface area contributed by atoms with E-state index in [1.807, 2.05) is 39.0 Å². The molecule has 0 spiro atoms. The van der Waals surface area contributed by atoms with Crippen LogP contribution in [0.4, 0.5) is 0 Å². The van der Waals surface area contributed by atoms with E-state index in [-0.39, 0.29) is 67.2 Å². The molecule has 2 amide bonds. The lowest BCUT2D eigenvalue weighted by molar-refractivity contribution is -0.160. The Morgan fingerprint density at radius 3 is 2.50 bits per heavy atom. The molecular weight excluding hydrogens is 758 g/mol. The average molecular weight is 814 g/mol. The number of sulfonamides is 1. The predicted octanol–water partition coefficient (Wildman–Crippen LogP) is 6.96. The summed E-state index contributed by atoms with van der Waals surface area (Å²) in [5.74, 6) is -2.55. The number of rotatable bonds is 9. The highest BCUT2D eigenvalue weighted by Gasteiger charge is 2.61. The number of amides is 2. The van der Waals surface area contributed by atoms with E-state index >= 15 is 0 Å². The van der Waals surface area contributed by atoms with Crippen LogP contribution in [-0.2, 0) is 33.9 Å². The van der Waals surface area contributed by atoms with Crippen molar-refractivity contribution in [1.82, 2.24) is 14.6 Å². The summed E-state index contributed by atoms with van der Waals surface area (Å²) in [5.41, 5.74) is -2.03. The van der Waals surface area contributed by atoms with Gasteiger partial charge in [-0.2, -0.15) is 4.98 Å². The Kier molecular flexibility index (Phi) is 12.2. The topological polar surface area (TPSA) is 158 Å². The van der Waals surface area contributed by atoms with E-state index in [9.17, 15) is 27.6 Å². The van der Waals surface area contributed by atoms with E-state index in [0.29, 0.717) is 53.8 Å². The summed E-state index contributed by atoms with van der Waals surface area (Å²) in [6.07, 6.45) is 6.20. The fourth-order valence-electron chi connectivity index (χ4n) is 8.28. The molecule has 0 radical (unpaired) electrons. The van der Waals surface area contributed by atoms with Crippen molar-refractivity contribution in [2.45, 2.75) is 135 Å². The number of fused-ring (bicyclic) bond motifs is 3. The normalized spacial score (nSPS) is 29.5. The van der Waals surface area contributed by atoms with Crippen molar-refractivity contribution in [1.29, 1.82) is 0 Å². The van der Waals surface area contributed by atoms with Crippen LogP contribution in [0.25, 0.3) is 10.8 Å². The van der Waals surface area contributed by atoms with Gasteiger partial charge in [0.05, 0.1) is 41.7 Å². The Morgan fingerprint density at radius 1 is 1.09 bits per heavy atom. The number of hydrogen-bond donors (Lipinski definition) is 1. The van der Waals surface area contributed by atoms with Gasteiger partial charge in [-0.1, -0.05) is 43.7 Å². The third-order valence-corrected chi connectivity index (χ3v) is 13.5. The lowest BCUT2D eigenvalue weighted by Gasteiger charge is -2.32. The van der Waals surface area contributed by atoms with Crippen molar-refractivity contribution < 1.29 is 41.8 Å². The molecule has 14 heteroatoms. The number of Topliss-reactive ketones (excluding diaryl/α,β-unsaturated/α-hetero) is 1. The van der Waals surface area contributed by atoms with Crippen molar-refractivity contribution in [2.75, 3.05) is 6.54 Å². The third-order valence-electron chi connectivity index (χ3n) is 11.4. The summed E-state index contributed by atoms with van der Waals surface area (Å²) in [4.78, 5) is 63.0. The molecule has 306 valence electrons. The highest BCUT2D eigenvalue weighted by atomic mass is 35.5. The number of allylic oxidation sites excluding steroid dienone is 2. The standard InChI is InChI=1S/C42H56ClN3O9S/c1-24(2)53-36-19-32-30(13-10-14-33(32)43)38(44-36)54-28-18-34-35(47)22-42(40(50)45-56(51,52)29-15-16-29)21-27(42)12-9-8-11-25(3)17-26(4)31(39(49)46(34)23-28)20-37(48)55-41(5,6)7/h9-10,12-14,19,24-29,31,34H,8,11,15-18,20-23H2,1-7H3,(H,45,50)/b12-9-/t25-,26-,27-,28-,31+,34+,42-/m1/s1. The third kappa shape index (κ3) is 9.69. The predicted molar refractivity (Wildman–Crippen MR) is 213 cm³/mol. The maximum atomic E-state index is 14.9. The summed E-state index contributed by atoms with van der Waals surface area (Å²) in [7, 11) is -3.87. The Morgan fingerprint density at radius 2 is 1.82 bits per heavy atom. The van der Waals surface area contributed by atoms with E-state index in [2.05, 4.69) is 16.6 Å². The van der Waals surface area contributed by atoms with E-state index in [0.717, 1.165) is 6.42 Å². The van der Waals surface area contributed by atoms with E-state index in [1.165, 1.54) is 4.90 Å². The van der Waals surface area contributed by atoms with Gasteiger partial charge in [-0.3, -0.25) is 23.9 Å². The molecule has 56 heavy (non-hydrogen) atoms. The first-order valence-electron chi connectivity index (χ1n) is 20.0. The smallest absolute Gasteiger partial charge is 0.307 e. The van der Waals surface area contributed by atoms with Crippen LogP contribution in [-0.4, -0.2) is 77.5 Å². The van der Waals surface area contributed by atoms with Crippen molar-refractivity contribution in [3.63, 3.8) is 0 Å². The number of ketones is 1. The highest BCUT2D eigenvalue weighted by molar-refractivity contribution is 7.90. The second kappa shape index (κ2) is 16.3. The number of nitrogens with zero attached hydrogens (tertiary/aromatic N) is 2. The first-order valence-corrected chi connectivity index (χ1v) is 21.9. The van der Waals surface area contributed by atoms with Gasteiger partial charge in [0.1, 0.15) is 11.7 Å². The van der Waals surface area contributed by atoms with Crippen molar-refractivity contribution in [3.05, 3.63) is 41.4 Å². The van der Waals surface area contributed by atoms with Gasteiger partial charge in [0.25, 0.3) is 0 Å². The van der Waals surface area contributed by atoms with Crippen LogP contribution >= 0.6 is 11.6 Å². The fourth-order valence-corrected chi connectivity index (χ4v) is 9.90. The molecule has 0 bridgehead atoms. The number of esters is 1. The van der Waals surface area contributed by atoms with Crippen LogP contribution in [0.1, 0.15) is 106 Å². The summed E-state index contributed by atoms with van der Waals surface area (Å²) in [6.45, 7) is 13.2. The second-order valence-corrected chi connectivity index (χ2v) is 20.1. The zero-order chi connectivity index (χ0) is 40.7. The Bertz CT molecular complexity index is 1990. The lowest BCUT2D eigenvalue weighted by atomic mass is 9.82. The number of carbonyl (C=O) groups excluding carboxylic acids is 4. The molecule has 1 N–H and O–H groups in total. The molecule has 12 nitrogen and oxygen atoms in total. The van der Waals surface area contributed by atoms with Crippen LogP contribution in [0.2, 0.25) is 5.02 Å². The van der Waals surface area contributed by atoms with Gasteiger partial charge in [-0.25, -0.2) is 8.42 Å². The highest BCUT2D eigenvalue weighted by Crippen LogP contribution is 2.57. The molecule has 2 aliphatic carbocycles. The largest absolute Gasteiger partial charge is 0.475 e. The second-order valence-electron chi connectivity index (χ2n) is 17.8. The number of nitrogens with one attached hydrogen (secondary N) is 1. The summed E-state index contributed by atoms with van der Waals surface area (Å²) < 4.78 is 46.4. The molecule has 4 aliphatic rings. The molecule has 7 atom stereocenters. The van der Waals surface area contributed by atoms with E-state index in [1.54, 1.807) is 39.0 Å². The summed E-state index contributed by atoms with van der Waals surface area (Å²) >= 11 is 6.61. The Hall–Kier alpha value is -3.71. The first-order chi connectivity index (χ1) is 26.3. The van der Waals surface area contributed by atoms with Crippen LogP contribution in [0, 0.1) is 29.1 Å². The maximum Gasteiger partial charge on any atom is 0.307 e. The van der Waals surface area contributed by atoms with Gasteiger partial charge < -0.3 is 19.1 Å². The molecule has 6 rings (SSSR count). The molecule has 3 fully saturated rings. The van der Waals surface area contributed by atoms with Crippen LogP contribution in [0.5, 0.6) is 11.8 Å². The summed E-state index contributed by atoms with van der Waals surface area (Å²) in [6, 6.07) is 6.10. The number of ether oxygens (including phenoxy) is 3. The van der Waals surface area contributed by atoms with Crippen molar-refractivity contribution in [3.8, 4) is 11.8 Å². The molecular formula is C42H56ClN3O9S. The average Bonchev–Trinajstić information content (AvgIpc) is 4.01. The number of carbonyl (C=O) groups is 4. The minimum atomic E-state index is -3.87. The summed E-state index contributed by atoms with van der Waals surface area (Å²) in [5, 5.41) is 1.16. The van der Waals surface area contributed by atoms with Gasteiger partial charge in [-0.15, -0.1) is 0 Å². The SMILES string of the molecule is CC(C)Oc1cc2c(Cl)cccc2c(O[C@@H]2C[C@H]3C(=O)C[C@]4(C(=O)NS(=O)(=O)C5CC5)C[C@H]4/C=C\CC[C@@H](C)C[C@@H](C)[C@H](CC(=O)OC(C)(C)C)C(=O)N3C2)n1. The molecule has 2 aromatic rings. The van der Waals surface area contributed by atoms with Gasteiger partial charge in [-0.05, 0) is 103 Å². The van der Waals surface area contributed by atoms with E-state index in [4.69, 9.17) is 25.8 Å². The molecule has 2 saturated carbocycles. The van der Waals surface area contributed by atoms with Crippen LogP contribution in [0.3, 0.4) is 0 Å². The zero-order valence-electron chi connectivity index (χ0n) is 33.5. The van der Waals surface area contributed by atoms with Crippen LogP contribution < -0.4 is 14.2 Å². The number of halogens is 1. The number of aromatic nitrogens is 1. The number of pyridine rings is 1. The van der Waals surface area contributed by atoms with Crippen LogP contribution in [0.15, 0.2) is 36.4 Å². The monoisotopic (exact) mass is 813 g/mol. The minimum absolute atomic E-state index is 0.0138. The van der Waals surface area contributed by atoms with Gasteiger partial charge in [0.2, 0.25) is 33.6 Å². The Labute approximate surface area is 335 Å². The molecule has 1 aromatic carbocycles. The maximum absolute atomic E-state index is 14.9. The van der Waals surface area contributed by atoms with E-state index < -0.39 is 56.2 Å².